The summed E-state index contributed by atoms with van der Waals surface area (Å²) in [5.74, 6) is -0.0861. The number of carbonyl (C=O) groups is 2. The van der Waals surface area contributed by atoms with E-state index in [0.29, 0.717) is 16.6 Å². The molecule has 1 fully saturated rings. The number of hydrogen-bond donors (Lipinski definition) is 3. The lowest BCUT2D eigenvalue weighted by Crippen LogP contribution is -2.59. The number of amides is 2. The molecule has 1 heterocycles. The Morgan fingerprint density at radius 3 is 2.44 bits per heavy atom. The molecule has 7 nitrogen and oxygen atoms in total. The molecular formula is C23H33N5O2S2. The summed E-state index contributed by atoms with van der Waals surface area (Å²) in [6.45, 7) is 3.94. The molecule has 2 aromatic rings. The maximum absolute atomic E-state index is 13.4. The molecule has 1 saturated carbocycles. The monoisotopic (exact) mass is 475 g/mol. The predicted molar refractivity (Wildman–Crippen MR) is 133 cm³/mol. The third-order valence-electron chi connectivity index (χ3n) is 6.26. The van der Waals surface area contributed by atoms with E-state index in [1.807, 2.05) is 57.5 Å². The molecule has 0 saturated heterocycles. The fourth-order valence-electron chi connectivity index (χ4n) is 4.19. The van der Waals surface area contributed by atoms with E-state index in [4.69, 9.17) is 0 Å². The third kappa shape index (κ3) is 5.88. The Morgan fingerprint density at radius 1 is 1.12 bits per heavy atom. The van der Waals surface area contributed by atoms with Gasteiger partial charge in [-0.05, 0) is 45.9 Å². The van der Waals surface area contributed by atoms with Crippen LogP contribution in [-0.2, 0) is 9.59 Å². The van der Waals surface area contributed by atoms with Crippen molar-refractivity contribution in [2.75, 3.05) is 18.6 Å². The summed E-state index contributed by atoms with van der Waals surface area (Å²) in [7, 11) is 1.82. The number of nitrogens with zero attached hydrogens (tertiary/aromatic N) is 2. The zero-order valence-corrected chi connectivity index (χ0v) is 20.8. The van der Waals surface area contributed by atoms with Crippen LogP contribution in [0.1, 0.15) is 46.0 Å². The van der Waals surface area contributed by atoms with Crippen molar-refractivity contribution in [1.29, 1.82) is 0 Å². The quantitative estimate of drug-likeness (QED) is 0.508. The van der Waals surface area contributed by atoms with Crippen LogP contribution < -0.4 is 16.0 Å². The normalized spacial score (nSPS) is 16.9. The van der Waals surface area contributed by atoms with Crippen LogP contribution in [0.5, 0.6) is 0 Å². The molecule has 1 aliphatic carbocycles. The van der Waals surface area contributed by atoms with Gasteiger partial charge in [-0.1, -0.05) is 54.1 Å². The lowest BCUT2D eigenvalue weighted by Gasteiger charge is -2.35. The lowest BCUT2D eigenvalue weighted by molar-refractivity contribution is -0.129. The average Bonchev–Trinajstić information content (AvgIpc) is 3.27. The Kier molecular flexibility index (Phi) is 8.67. The van der Waals surface area contributed by atoms with Crippen molar-refractivity contribution in [3.8, 4) is 11.3 Å². The third-order valence-corrected chi connectivity index (χ3v) is 8.19. The molecular weight excluding hydrogens is 442 g/mol. The van der Waals surface area contributed by atoms with E-state index >= 15 is 0 Å². The summed E-state index contributed by atoms with van der Waals surface area (Å²) in [6.07, 6.45) is 7.55. The van der Waals surface area contributed by atoms with Gasteiger partial charge in [0.25, 0.3) is 0 Å². The molecule has 0 aliphatic heterocycles. The fourth-order valence-corrected chi connectivity index (χ4v) is 5.19. The second-order valence-electron chi connectivity index (χ2n) is 8.72. The number of benzene rings is 1. The zero-order chi connectivity index (χ0) is 23.1. The van der Waals surface area contributed by atoms with Gasteiger partial charge in [0.1, 0.15) is 16.7 Å². The Labute approximate surface area is 198 Å². The molecule has 9 heteroatoms. The number of carbonyl (C=O) groups excluding carboxylic acids is 2. The highest BCUT2D eigenvalue weighted by Crippen LogP contribution is 2.32. The van der Waals surface area contributed by atoms with E-state index in [0.717, 1.165) is 42.8 Å². The molecule has 0 spiro atoms. The van der Waals surface area contributed by atoms with Crippen LogP contribution >= 0.6 is 23.3 Å². The van der Waals surface area contributed by atoms with E-state index in [9.17, 15) is 9.59 Å². The maximum atomic E-state index is 13.4. The number of thioether (sulfide) groups is 1. The van der Waals surface area contributed by atoms with Crippen LogP contribution in [0.25, 0.3) is 11.3 Å². The Hall–Kier alpha value is -1.97. The predicted octanol–water partition coefficient (Wildman–Crippen LogP) is 3.94. The Morgan fingerprint density at radius 2 is 1.81 bits per heavy atom. The van der Waals surface area contributed by atoms with Crippen molar-refractivity contribution >= 4 is 40.1 Å². The average molecular weight is 476 g/mol. The van der Waals surface area contributed by atoms with Crippen LogP contribution in [0.3, 0.4) is 0 Å². The first-order valence-electron chi connectivity index (χ1n) is 11.1. The summed E-state index contributed by atoms with van der Waals surface area (Å²) in [4.78, 5) is 26.7. The van der Waals surface area contributed by atoms with Gasteiger partial charge in [-0.25, -0.2) is 0 Å². The van der Waals surface area contributed by atoms with Gasteiger partial charge in [0.2, 0.25) is 11.8 Å². The zero-order valence-electron chi connectivity index (χ0n) is 19.2. The molecule has 32 heavy (non-hydrogen) atoms. The van der Waals surface area contributed by atoms with Crippen LogP contribution in [0, 0.1) is 5.92 Å². The minimum absolute atomic E-state index is 0.118. The van der Waals surface area contributed by atoms with E-state index in [2.05, 4.69) is 25.5 Å². The second-order valence-corrected chi connectivity index (χ2v) is 10.9. The molecule has 0 unspecified atom stereocenters. The van der Waals surface area contributed by atoms with Gasteiger partial charge in [0, 0.05) is 21.8 Å². The van der Waals surface area contributed by atoms with Gasteiger partial charge in [0.05, 0.1) is 6.04 Å². The lowest BCUT2D eigenvalue weighted by atomic mass is 9.83. The molecule has 0 bridgehead atoms. The highest BCUT2D eigenvalue weighted by atomic mass is 32.2. The van der Waals surface area contributed by atoms with E-state index in [-0.39, 0.29) is 17.9 Å². The van der Waals surface area contributed by atoms with Crippen LogP contribution in [-0.4, -0.2) is 51.5 Å². The van der Waals surface area contributed by atoms with Crippen molar-refractivity contribution in [2.45, 2.75) is 62.8 Å². The van der Waals surface area contributed by atoms with Crippen LogP contribution in [0.15, 0.2) is 30.3 Å². The number of likely N-dealkylation sites (N-methyl/N-ethyl adjacent to an activating group) is 1. The van der Waals surface area contributed by atoms with Gasteiger partial charge in [0.15, 0.2) is 0 Å². The number of aromatic nitrogens is 2. The molecule has 3 rings (SSSR count). The first-order valence-corrected chi connectivity index (χ1v) is 13.1. The highest BCUT2D eigenvalue weighted by Gasteiger charge is 2.39. The van der Waals surface area contributed by atoms with Crippen molar-refractivity contribution < 1.29 is 9.59 Å². The number of hydrogen-bond acceptors (Lipinski definition) is 7. The number of nitrogens with one attached hydrogen (secondary N) is 3. The number of rotatable bonds is 9. The van der Waals surface area contributed by atoms with Gasteiger partial charge < -0.3 is 16.0 Å². The highest BCUT2D eigenvalue weighted by molar-refractivity contribution is 8.00. The molecule has 2 amide bonds. The van der Waals surface area contributed by atoms with Crippen molar-refractivity contribution in [3.05, 3.63) is 30.3 Å². The SMILES string of the molecule is CN[C@H](C(=O)N[C@H](C(=O)Nc1snnc1-c1ccccc1)C(C)(C)SC)C1CCCCC1. The largest absolute Gasteiger partial charge is 0.342 e. The second kappa shape index (κ2) is 11.2. The molecule has 174 valence electrons. The van der Waals surface area contributed by atoms with Crippen molar-refractivity contribution in [1.82, 2.24) is 20.2 Å². The first kappa shape index (κ1) is 24.7. The summed E-state index contributed by atoms with van der Waals surface area (Å²) < 4.78 is 3.53. The molecule has 1 aromatic carbocycles. The van der Waals surface area contributed by atoms with Gasteiger partial charge in [-0.3, -0.25) is 9.59 Å². The molecule has 3 N–H and O–H groups in total. The van der Waals surface area contributed by atoms with Gasteiger partial charge >= 0.3 is 0 Å². The minimum atomic E-state index is -0.713. The summed E-state index contributed by atoms with van der Waals surface area (Å²) in [6, 6.07) is 8.62. The van der Waals surface area contributed by atoms with E-state index in [1.54, 1.807) is 11.8 Å². The van der Waals surface area contributed by atoms with E-state index < -0.39 is 10.8 Å². The summed E-state index contributed by atoms with van der Waals surface area (Å²) >= 11 is 2.69. The van der Waals surface area contributed by atoms with Gasteiger partial charge in [-0.15, -0.1) is 5.10 Å². The summed E-state index contributed by atoms with van der Waals surface area (Å²) in [5, 5.41) is 14.0. The van der Waals surface area contributed by atoms with Crippen LogP contribution in [0.4, 0.5) is 5.00 Å². The molecule has 1 aromatic heterocycles. The van der Waals surface area contributed by atoms with E-state index in [1.165, 1.54) is 6.42 Å². The van der Waals surface area contributed by atoms with Crippen molar-refractivity contribution in [3.63, 3.8) is 0 Å². The maximum Gasteiger partial charge on any atom is 0.249 e. The standard InChI is InChI=1S/C23H33N5O2S2/c1-23(2,31-4)19(25-20(29)17(24-3)15-11-7-5-8-12-15)21(30)26-22-18(27-28-32-22)16-13-9-6-10-14-16/h6,9-10,13-15,17,19,24H,5,7-8,11-12H2,1-4H3,(H,25,29)(H,26,30)/t17-,19+/m0/s1. The Balaban J connectivity index is 1.78. The topological polar surface area (TPSA) is 96.0 Å². The first-order chi connectivity index (χ1) is 15.4. The number of anilines is 1. The molecule has 2 atom stereocenters. The van der Waals surface area contributed by atoms with Gasteiger partial charge in [-0.2, -0.15) is 11.8 Å². The smallest absolute Gasteiger partial charge is 0.249 e. The van der Waals surface area contributed by atoms with Crippen molar-refractivity contribution in [2.24, 2.45) is 5.92 Å². The fraction of sp³-hybridized carbons (Fsp3) is 0.565. The Bertz CT molecular complexity index is 897. The molecule has 0 radical (unpaired) electrons. The summed E-state index contributed by atoms with van der Waals surface area (Å²) in [5.41, 5.74) is 1.51. The van der Waals surface area contributed by atoms with Crippen LogP contribution in [0.2, 0.25) is 0 Å². The molecule has 1 aliphatic rings. The minimum Gasteiger partial charge on any atom is -0.342 e.